The third kappa shape index (κ3) is 2.98. The van der Waals surface area contributed by atoms with Crippen molar-refractivity contribution in [1.29, 1.82) is 0 Å². The van der Waals surface area contributed by atoms with E-state index in [9.17, 15) is 9.59 Å². The molecule has 1 unspecified atom stereocenters. The number of primary amides is 1. The Morgan fingerprint density at radius 3 is 2.95 bits per heavy atom. The fourth-order valence-corrected chi connectivity index (χ4v) is 4.05. The Labute approximate surface area is 130 Å². The van der Waals surface area contributed by atoms with Crippen LogP contribution < -0.4 is 5.73 Å². The lowest BCUT2D eigenvalue weighted by Gasteiger charge is -2.30. The number of likely N-dealkylation sites (tertiary alicyclic amines) is 1. The first-order valence-electron chi connectivity index (χ1n) is 6.73. The quantitative estimate of drug-likeness (QED) is 0.941. The molecule has 2 amide bonds. The van der Waals surface area contributed by atoms with Crippen molar-refractivity contribution in [3.63, 3.8) is 0 Å². The maximum Gasteiger partial charge on any atom is 0.273 e. The van der Waals surface area contributed by atoms with Gasteiger partial charge in [0.15, 0.2) is 0 Å². The van der Waals surface area contributed by atoms with Crippen LogP contribution in [0, 0.1) is 5.92 Å². The van der Waals surface area contributed by atoms with Crippen LogP contribution in [-0.4, -0.2) is 34.8 Å². The molecule has 0 bridgehead atoms. The van der Waals surface area contributed by atoms with E-state index in [4.69, 9.17) is 5.73 Å². The summed E-state index contributed by atoms with van der Waals surface area (Å²) in [7, 11) is 0. The molecule has 0 aliphatic carbocycles. The van der Waals surface area contributed by atoms with Crippen LogP contribution in [0.15, 0.2) is 22.9 Å². The van der Waals surface area contributed by atoms with Gasteiger partial charge in [0.1, 0.15) is 10.7 Å². The van der Waals surface area contributed by atoms with Crippen molar-refractivity contribution in [3.8, 4) is 9.88 Å². The summed E-state index contributed by atoms with van der Waals surface area (Å²) in [6, 6.07) is 3.95. The SMILES string of the molecule is NC(=O)C1CCCN(C(=O)c2csc(-c3cccs3)n2)C1. The second-order valence-electron chi connectivity index (χ2n) is 5.01. The summed E-state index contributed by atoms with van der Waals surface area (Å²) in [5.74, 6) is -0.678. The number of piperidine rings is 1. The van der Waals surface area contributed by atoms with Crippen molar-refractivity contribution in [2.24, 2.45) is 11.7 Å². The van der Waals surface area contributed by atoms with Gasteiger partial charge in [0.05, 0.1) is 10.8 Å². The van der Waals surface area contributed by atoms with Crippen molar-refractivity contribution < 1.29 is 9.59 Å². The molecule has 1 saturated heterocycles. The van der Waals surface area contributed by atoms with Crippen molar-refractivity contribution in [1.82, 2.24) is 9.88 Å². The smallest absolute Gasteiger partial charge is 0.273 e. The van der Waals surface area contributed by atoms with Gasteiger partial charge in [-0.1, -0.05) is 6.07 Å². The number of nitrogens with zero attached hydrogens (tertiary/aromatic N) is 2. The molecular weight excluding hydrogens is 306 g/mol. The van der Waals surface area contributed by atoms with Crippen molar-refractivity contribution in [3.05, 3.63) is 28.6 Å². The summed E-state index contributed by atoms with van der Waals surface area (Å²) in [5, 5.41) is 4.63. The summed E-state index contributed by atoms with van der Waals surface area (Å²) < 4.78 is 0. The first-order valence-corrected chi connectivity index (χ1v) is 8.49. The fourth-order valence-electron chi connectivity index (χ4n) is 2.44. The molecule has 2 aromatic heterocycles. The van der Waals surface area contributed by atoms with Crippen LogP contribution >= 0.6 is 22.7 Å². The number of carbonyl (C=O) groups is 2. The topological polar surface area (TPSA) is 76.3 Å². The van der Waals surface area contributed by atoms with Gasteiger partial charge in [-0.2, -0.15) is 0 Å². The monoisotopic (exact) mass is 321 g/mol. The number of hydrogen-bond donors (Lipinski definition) is 1. The highest BCUT2D eigenvalue weighted by Crippen LogP contribution is 2.28. The second-order valence-corrected chi connectivity index (χ2v) is 6.81. The van der Waals surface area contributed by atoms with E-state index in [2.05, 4.69) is 4.98 Å². The zero-order chi connectivity index (χ0) is 14.8. The first-order chi connectivity index (χ1) is 10.1. The fraction of sp³-hybridized carbons (Fsp3) is 0.357. The Balaban J connectivity index is 1.74. The van der Waals surface area contributed by atoms with Gasteiger partial charge in [-0.05, 0) is 24.3 Å². The highest BCUT2D eigenvalue weighted by molar-refractivity contribution is 7.20. The molecule has 1 atom stereocenters. The summed E-state index contributed by atoms with van der Waals surface area (Å²) in [5.41, 5.74) is 5.80. The summed E-state index contributed by atoms with van der Waals surface area (Å²) in [6.45, 7) is 1.06. The minimum Gasteiger partial charge on any atom is -0.369 e. The van der Waals surface area contributed by atoms with Gasteiger partial charge < -0.3 is 10.6 Å². The zero-order valence-electron chi connectivity index (χ0n) is 11.3. The van der Waals surface area contributed by atoms with Crippen LogP contribution in [0.5, 0.6) is 0 Å². The average molecular weight is 321 g/mol. The highest BCUT2D eigenvalue weighted by atomic mass is 32.1. The van der Waals surface area contributed by atoms with Crippen LogP contribution in [0.1, 0.15) is 23.3 Å². The van der Waals surface area contributed by atoms with Crippen LogP contribution in [-0.2, 0) is 4.79 Å². The Kier molecular flexibility index (Phi) is 4.03. The highest BCUT2D eigenvalue weighted by Gasteiger charge is 2.28. The molecule has 2 N–H and O–H groups in total. The number of rotatable bonds is 3. The minimum absolute atomic E-state index is 0.111. The lowest BCUT2D eigenvalue weighted by molar-refractivity contribution is -0.123. The van der Waals surface area contributed by atoms with Crippen LogP contribution in [0.2, 0.25) is 0 Å². The standard InChI is InChI=1S/C14H15N3O2S2/c15-12(18)9-3-1-5-17(7-9)14(19)10-8-21-13(16-10)11-4-2-6-20-11/h2,4,6,8-9H,1,3,5,7H2,(H2,15,18). The van der Waals surface area contributed by atoms with Crippen LogP contribution in [0.4, 0.5) is 0 Å². The Bertz CT molecular complexity index is 651. The lowest BCUT2D eigenvalue weighted by atomic mass is 9.97. The molecule has 3 heterocycles. The molecule has 0 aromatic carbocycles. The Hall–Kier alpha value is -1.73. The van der Waals surface area contributed by atoms with Gasteiger partial charge in [0.25, 0.3) is 5.91 Å². The minimum atomic E-state index is -0.329. The Morgan fingerprint density at radius 2 is 2.24 bits per heavy atom. The number of nitrogens with two attached hydrogens (primary N) is 1. The second kappa shape index (κ2) is 5.95. The van der Waals surface area contributed by atoms with Gasteiger partial charge in [0, 0.05) is 18.5 Å². The number of hydrogen-bond acceptors (Lipinski definition) is 5. The van der Waals surface area contributed by atoms with E-state index in [0.29, 0.717) is 18.8 Å². The zero-order valence-corrected chi connectivity index (χ0v) is 13.0. The first kappa shape index (κ1) is 14.2. The summed E-state index contributed by atoms with van der Waals surface area (Å²) in [4.78, 5) is 30.9. The van der Waals surface area contributed by atoms with Gasteiger partial charge >= 0.3 is 0 Å². The third-order valence-corrected chi connectivity index (χ3v) is 5.45. The molecule has 3 rings (SSSR count). The molecular formula is C14H15N3O2S2. The third-order valence-electron chi connectivity index (χ3n) is 3.57. The summed E-state index contributed by atoms with van der Waals surface area (Å²) >= 11 is 3.07. The molecule has 110 valence electrons. The predicted octanol–water partition coefficient (Wildman–Crippen LogP) is 2.21. The number of carbonyl (C=O) groups excluding carboxylic acids is 2. The van der Waals surface area contributed by atoms with Crippen LogP contribution in [0.3, 0.4) is 0 Å². The largest absolute Gasteiger partial charge is 0.369 e. The van der Waals surface area contributed by atoms with E-state index >= 15 is 0 Å². The van der Waals surface area contributed by atoms with Gasteiger partial charge in [-0.15, -0.1) is 22.7 Å². The summed E-state index contributed by atoms with van der Waals surface area (Å²) in [6.07, 6.45) is 1.57. The van der Waals surface area contributed by atoms with Crippen LogP contribution in [0.25, 0.3) is 9.88 Å². The molecule has 1 aliphatic rings. The van der Waals surface area contributed by atoms with Gasteiger partial charge in [-0.25, -0.2) is 4.98 Å². The Morgan fingerprint density at radius 1 is 1.38 bits per heavy atom. The van der Waals surface area contributed by atoms with Crippen molar-refractivity contribution in [2.45, 2.75) is 12.8 Å². The average Bonchev–Trinajstić information content (AvgIpc) is 3.17. The maximum atomic E-state index is 12.5. The maximum absolute atomic E-state index is 12.5. The number of aromatic nitrogens is 1. The molecule has 1 fully saturated rings. The predicted molar refractivity (Wildman–Crippen MR) is 83.2 cm³/mol. The van der Waals surface area contributed by atoms with E-state index in [1.165, 1.54) is 11.3 Å². The lowest BCUT2D eigenvalue weighted by Crippen LogP contribution is -2.44. The molecule has 7 heteroatoms. The van der Waals surface area contributed by atoms with E-state index in [1.54, 1.807) is 21.6 Å². The number of thiazole rings is 1. The normalized spacial score (nSPS) is 18.7. The molecule has 0 spiro atoms. The molecule has 5 nitrogen and oxygen atoms in total. The molecule has 21 heavy (non-hydrogen) atoms. The van der Waals surface area contributed by atoms with E-state index in [0.717, 1.165) is 22.7 Å². The van der Waals surface area contributed by atoms with Crippen molar-refractivity contribution in [2.75, 3.05) is 13.1 Å². The van der Waals surface area contributed by atoms with Gasteiger partial charge in [0.2, 0.25) is 5.91 Å². The number of thiophene rings is 1. The number of amides is 2. The van der Waals surface area contributed by atoms with E-state index < -0.39 is 0 Å². The molecule has 0 saturated carbocycles. The molecule has 0 radical (unpaired) electrons. The van der Waals surface area contributed by atoms with E-state index in [1.807, 2.05) is 17.5 Å². The van der Waals surface area contributed by atoms with E-state index in [-0.39, 0.29) is 17.7 Å². The van der Waals surface area contributed by atoms with Gasteiger partial charge in [-0.3, -0.25) is 9.59 Å². The molecule has 1 aliphatic heterocycles. The van der Waals surface area contributed by atoms with Crippen molar-refractivity contribution >= 4 is 34.5 Å². The molecule has 2 aromatic rings.